The molecular weight excluding hydrogens is 331 g/mol. The number of halogens is 1. The molecule has 2 aromatic carbocycles. The van der Waals surface area contributed by atoms with Crippen LogP contribution in [-0.2, 0) is 10.0 Å². The molecule has 128 valence electrons. The van der Waals surface area contributed by atoms with Gasteiger partial charge in [-0.05, 0) is 56.7 Å². The summed E-state index contributed by atoms with van der Waals surface area (Å²) in [7, 11) is -3.71. The number of carbonyl (C=O) groups is 1. The van der Waals surface area contributed by atoms with Gasteiger partial charge in [0, 0.05) is 11.6 Å². The number of rotatable bonds is 5. The van der Waals surface area contributed by atoms with Crippen molar-refractivity contribution >= 4 is 21.6 Å². The summed E-state index contributed by atoms with van der Waals surface area (Å²) in [5, 5.41) is 2.44. The Kier molecular flexibility index (Phi) is 5.36. The van der Waals surface area contributed by atoms with Crippen LogP contribution < -0.4 is 10.0 Å². The molecule has 2 rings (SSSR count). The minimum absolute atomic E-state index is 0.0202. The van der Waals surface area contributed by atoms with Gasteiger partial charge in [-0.2, -0.15) is 0 Å². The van der Waals surface area contributed by atoms with E-state index in [4.69, 9.17) is 0 Å². The number of carbonyl (C=O) groups excluding carboxylic acids is 1. The molecule has 0 bridgehead atoms. The standard InChI is InChI=1S/C17H19FN2O3S/c1-11(2)20-24(22,23)14-6-4-5-13(10-14)17(21)19-16-8-7-12(3)9-15(16)18/h4-11,20H,1-3H3,(H,19,21). The first kappa shape index (κ1) is 18.1. The number of amides is 1. The molecule has 0 aliphatic carbocycles. The van der Waals surface area contributed by atoms with Gasteiger partial charge in [0.1, 0.15) is 5.82 Å². The maximum Gasteiger partial charge on any atom is 0.255 e. The summed E-state index contributed by atoms with van der Waals surface area (Å²) in [6.45, 7) is 5.15. The lowest BCUT2D eigenvalue weighted by atomic mass is 10.2. The SMILES string of the molecule is Cc1ccc(NC(=O)c2cccc(S(=O)(=O)NC(C)C)c2)c(F)c1. The number of aryl methyl sites for hydroxylation is 1. The second-order valence-corrected chi connectivity index (χ2v) is 7.46. The Morgan fingerprint density at radius 3 is 2.46 bits per heavy atom. The maximum atomic E-state index is 13.8. The molecule has 1 amide bonds. The number of hydrogen-bond donors (Lipinski definition) is 2. The Bertz CT molecular complexity index is 864. The third-order valence-corrected chi connectivity index (χ3v) is 4.83. The normalized spacial score (nSPS) is 11.5. The van der Waals surface area contributed by atoms with Crippen LogP contribution in [0.25, 0.3) is 0 Å². The first-order valence-corrected chi connectivity index (χ1v) is 8.87. The van der Waals surface area contributed by atoms with Crippen LogP contribution in [0, 0.1) is 12.7 Å². The van der Waals surface area contributed by atoms with Crippen molar-refractivity contribution in [3.8, 4) is 0 Å². The van der Waals surface area contributed by atoms with E-state index in [1.807, 2.05) is 0 Å². The summed E-state index contributed by atoms with van der Waals surface area (Å²) in [5.41, 5.74) is 0.902. The van der Waals surface area contributed by atoms with Crippen molar-refractivity contribution in [3.63, 3.8) is 0 Å². The molecule has 0 aromatic heterocycles. The van der Waals surface area contributed by atoms with Crippen LogP contribution in [0.1, 0.15) is 29.8 Å². The quantitative estimate of drug-likeness (QED) is 0.870. The summed E-state index contributed by atoms with van der Waals surface area (Å²) in [6, 6.07) is 9.76. The fraction of sp³-hybridized carbons (Fsp3) is 0.235. The highest BCUT2D eigenvalue weighted by Crippen LogP contribution is 2.18. The minimum Gasteiger partial charge on any atom is -0.319 e. The number of benzene rings is 2. The molecule has 0 radical (unpaired) electrons. The van der Waals surface area contributed by atoms with E-state index < -0.39 is 21.7 Å². The molecule has 0 unspecified atom stereocenters. The predicted molar refractivity (Wildman–Crippen MR) is 91.0 cm³/mol. The Hall–Kier alpha value is -2.25. The molecule has 0 aliphatic heterocycles. The Morgan fingerprint density at radius 2 is 1.83 bits per heavy atom. The molecule has 2 N–H and O–H groups in total. The summed E-state index contributed by atoms with van der Waals surface area (Å²) in [5.74, 6) is -1.13. The first-order chi connectivity index (χ1) is 11.2. The highest BCUT2D eigenvalue weighted by Gasteiger charge is 2.17. The van der Waals surface area contributed by atoms with Crippen molar-refractivity contribution in [2.75, 3.05) is 5.32 Å². The second-order valence-electron chi connectivity index (χ2n) is 5.74. The monoisotopic (exact) mass is 350 g/mol. The zero-order valence-electron chi connectivity index (χ0n) is 13.6. The molecule has 5 nitrogen and oxygen atoms in total. The summed E-state index contributed by atoms with van der Waals surface area (Å²) >= 11 is 0. The van der Waals surface area contributed by atoms with E-state index in [0.717, 1.165) is 5.56 Å². The smallest absolute Gasteiger partial charge is 0.255 e. The zero-order chi connectivity index (χ0) is 17.9. The van der Waals surface area contributed by atoms with Gasteiger partial charge in [-0.1, -0.05) is 12.1 Å². The van der Waals surface area contributed by atoms with E-state index in [9.17, 15) is 17.6 Å². The molecule has 24 heavy (non-hydrogen) atoms. The molecule has 0 aliphatic rings. The van der Waals surface area contributed by atoms with Crippen LogP contribution in [0.4, 0.5) is 10.1 Å². The van der Waals surface area contributed by atoms with Crippen molar-refractivity contribution in [1.82, 2.24) is 4.72 Å². The van der Waals surface area contributed by atoms with Crippen LogP contribution in [-0.4, -0.2) is 20.4 Å². The summed E-state index contributed by atoms with van der Waals surface area (Å²) in [6.07, 6.45) is 0. The third kappa shape index (κ3) is 4.39. The van der Waals surface area contributed by atoms with Gasteiger partial charge < -0.3 is 5.32 Å². The van der Waals surface area contributed by atoms with Gasteiger partial charge in [-0.15, -0.1) is 0 Å². The molecular formula is C17H19FN2O3S. The van der Waals surface area contributed by atoms with Crippen LogP contribution in [0.5, 0.6) is 0 Å². The topological polar surface area (TPSA) is 75.3 Å². The lowest BCUT2D eigenvalue weighted by Crippen LogP contribution is -2.30. The van der Waals surface area contributed by atoms with Gasteiger partial charge in [0.2, 0.25) is 10.0 Å². The predicted octanol–water partition coefficient (Wildman–Crippen LogP) is 3.07. The number of nitrogens with one attached hydrogen (secondary N) is 2. The molecule has 0 saturated heterocycles. The molecule has 0 heterocycles. The van der Waals surface area contributed by atoms with Gasteiger partial charge in [-0.3, -0.25) is 4.79 Å². The maximum absolute atomic E-state index is 13.8. The molecule has 0 atom stereocenters. The average molecular weight is 350 g/mol. The minimum atomic E-state index is -3.71. The van der Waals surface area contributed by atoms with E-state index in [-0.39, 0.29) is 22.2 Å². The van der Waals surface area contributed by atoms with Crippen molar-refractivity contribution in [2.24, 2.45) is 0 Å². The number of sulfonamides is 1. The highest BCUT2D eigenvalue weighted by atomic mass is 32.2. The van der Waals surface area contributed by atoms with Crippen molar-refractivity contribution in [3.05, 3.63) is 59.4 Å². The van der Waals surface area contributed by atoms with Crippen LogP contribution in [0.15, 0.2) is 47.4 Å². The van der Waals surface area contributed by atoms with Crippen LogP contribution >= 0.6 is 0 Å². The lowest BCUT2D eigenvalue weighted by Gasteiger charge is -2.11. The Labute approximate surface area is 141 Å². The fourth-order valence-electron chi connectivity index (χ4n) is 2.10. The molecule has 2 aromatic rings. The second kappa shape index (κ2) is 7.11. The fourth-order valence-corrected chi connectivity index (χ4v) is 3.40. The number of anilines is 1. The average Bonchev–Trinajstić information content (AvgIpc) is 2.49. The van der Waals surface area contributed by atoms with Gasteiger partial charge in [0.25, 0.3) is 5.91 Å². The summed E-state index contributed by atoms with van der Waals surface area (Å²) < 4.78 is 40.6. The van der Waals surface area contributed by atoms with Crippen molar-refractivity contribution in [1.29, 1.82) is 0 Å². The Morgan fingerprint density at radius 1 is 1.12 bits per heavy atom. The zero-order valence-corrected chi connectivity index (χ0v) is 14.4. The van der Waals surface area contributed by atoms with Crippen LogP contribution in [0.3, 0.4) is 0 Å². The molecule has 0 spiro atoms. The first-order valence-electron chi connectivity index (χ1n) is 7.39. The van der Waals surface area contributed by atoms with E-state index in [1.54, 1.807) is 26.8 Å². The lowest BCUT2D eigenvalue weighted by molar-refractivity contribution is 0.102. The van der Waals surface area contributed by atoms with Gasteiger partial charge >= 0.3 is 0 Å². The highest BCUT2D eigenvalue weighted by molar-refractivity contribution is 7.89. The van der Waals surface area contributed by atoms with Crippen molar-refractivity contribution in [2.45, 2.75) is 31.7 Å². The number of hydrogen-bond acceptors (Lipinski definition) is 3. The Balaban J connectivity index is 2.26. The summed E-state index contributed by atoms with van der Waals surface area (Å²) in [4.78, 5) is 12.2. The van der Waals surface area contributed by atoms with Gasteiger partial charge in [0.15, 0.2) is 0 Å². The van der Waals surface area contributed by atoms with Crippen LogP contribution in [0.2, 0.25) is 0 Å². The third-order valence-electron chi connectivity index (χ3n) is 3.17. The van der Waals surface area contributed by atoms with E-state index >= 15 is 0 Å². The van der Waals surface area contributed by atoms with Gasteiger partial charge in [-0.25, -0.2) is 17.5 Å². The van der Waals surface area contributed by atoms with Crippen molar-refractivity contribution < 1.29 is 17.6 Å². The van der Waals surface area contributed by atoms with E-state index in [2.05, 4.69) is 10.0 Å². The largest absolute Gasteiger partial charge is 0.319 e. The van der Waals surface area contributed by atoms with E-state index in [0.29, 0.717) is 0 Å². The van der Waals surface area contributed by atoms with Gasteiger partial charge in [0.05, 0.1) is 10.6 Å². The van der Waals surface area contributed by atoms with E-state index in [1.165, 1.54) is 36.4 Å². The molecule has 7 heteroatoms. The molecule has 0 saturated carbocycles. The molecule has 0 fully saturated rings.